The van der Waals surface area contributed by atoms with E-state index in [4.69, 9.17) is 5.73 Å². The van der Waals surface area contributed by atoms with Gasteiger partial charge in [0.1, 0.15) is 12.2 Å². The van der Waals surface area contributed by atoms with Crippen LogP contribution < -0.4 is 11.3 Å². The van der Waals surface area contributed by atoms with E-state index in [1.165, 1.54) is 10.7 Å². The Hall–Kier alpha value is -1.76. The zero-order valence-corrected chi connectivity index (χ0v) is 14.0. The molecular weight excluding hydrogens is 299 g/mol. The van der Waals surface area contributed by atoms with E-state index in [2.05, 4.69) is 5.10 Å². The van der Waals surface area contributed by atoms with Crippen molar-refractivity contribution in [2.45, 2.75) is 45.8 Å². The summed E-state index contributed by atoms with van der Waals surface area (Å²) in [6.45, 7) is 7.36. The van der Waals surface area contributed by atoms with E-state index < -0.39 is 18.1 Å². The summed E-state index contributed by atoms with van der Waals surface area (Å²) >= 11 is 0. The third kappa shape index (κ3) is 4.37. The topological polar surface area (TPSA) is 81.2 Å². The number of nitrogens with two attached hydrogens (primary N) is 1. The molecule has 1 atom stereocenters. The van der Waals surface area contributed by atoms with Gasteiger partial charge in [-0.05, 0) is 24.8 Å². The second-order valence-electron chi connectivity index (χ2n) is 6.71. The SMILES string of the molecule is Cc1cc(=O)n([C@@H](CC(C)C)C(N)=O)nc1CCN1CC(F)C1. The molecule has 2 heterocycles. The van der Waals surface area contributed by atoms with Crippen LogP contribution in [0, 0.1) is 12.8 Å². The smallest absolute Gasteiger partial charge is 0.267 e. The molecule has 0 radical (unpaired) electrons. The molecule has 0 spiro atoms. The van der Waals surface area contributed by atoms with E-state index in [-0.39, 0.29) is 11.5 Å². The number of aryl methyl sites for hydroxylation is 1. The van der Waals surface area contributed by atoms with Gasteiger partial charge in [0.05, 0.1) is 5.69 Å². The van der Waals surface area contributed by atoms with Gasteiger partial charge in [0.2, 0.25) is 5.91 Å². The summed E-state index contributed by atoms with van der Waals surface area (Å²) in [5.74, 6) is -0.334. The van der Waals surface area contributed by atoms with Crippen molar-refractivity contribution >= 4 is 5.91 Å². The van der Waals surface area contributed by atoms with Crippen LogP contribution in [0.2, 0.25) is 0 Å². The highest BCUT2D eigenvalue weighted by Gasteiger charge is 2.26. The highest BCUT2D eigenvalue weighted by molar-refractivity contribution is 5.78. The number of alkyl halides is 1. The normalized spacial score (nSPS) is 17.3. The Balaban J connectivity index is 2.20. The number of nitrogens with zero attached hydrogens (tertiary/aromatic N) is 3. The maximum atomic E-state index is 12.9. The monoisotopic (exact) mass is 324 g/mol. The Morgan fingerprint density at radius 3 is 2.65 bits per heavy atom. The summed E-state index contributed by atoms with van der Waals surface area (Å²) in [4.78, 5) is 25.9. The van der Waals surface area contributed by atoms with Crippen LogP contribution in [0.1, 0.15) is 37.6 Å². The molecule has 0 unspecified atom stereocenters. The molecule has 23 heavy (non-hydrogen) atoms. The highest BCUT2D eigenvalue weighted by atomic mass is 19.1. The predicted octanol–water partition coefficient (Wildman–Crippen LogP) is 0.820. The standard InChI is InChI=1S/C16H25FN4O2/c1-10(2)6-14(16(18)23)21-15(22)7-11(3)13(19-21)4-5-20-8-12(17)9-20/h7,10,12,14H,4-6,8-9H2,1-3H3,(H2,18,23)/t14-/m0/s1. The number of carbonyl (C=O) groups excluding carboxylic acids is 1. The lowest BCUT2D eigenvalue weighted by molar-refractivity contribution is -0.122. The Bertz CT molecular complexity index is 623. The molecule has 0 saturated carbocycles. The molecule has 1 aliphatic heterocycles. The predicted molar refractivity (Wildman–Crippen MR) is 86.0 cm³/mol. The average Bonchev–Trinajstić information content (AvgIpc) is 2.41. The van der Waals surface area contributed by atoms with E-state index in [0.717, 1.165) is 11.3 Å². The lowest BCUT2D eigenvalue weighted by atomic mass is 10.0. The van der Waals surface area contributed by atoms with Crippen LogP contribution >= 0.6 is 0 Å². The van der Waals surface area contributed by atoms with Crippen molar-refractivity contribution in [1.82, 2.24) is 14.7 Å². The summed E-state index contributed by atoms with van der Waals surface area (Å²) in [6, 6.07) is 0.758. The van der Waals surface area contributed by atoms with Gasteiger partial charge in [0, 0.05) is 32.1 Å². The van der Waals surface area contributed by atoms with E-state index >= 15 is 0 Å². The molecule has 0 aromatic carbocycles. The van der Waals surface area contributed by atoms with Gasteiger partial charge in [0.15, 0.2) is 0 Å². The highest BCUT2D eigenvalue weighted by Crippen LogP contribution is 2.16. The Morgan fingerprint density at radius 1 is 1.48 bits per heavy atom. The number of hydrogen-bond acceptors (Lipinski definition) is 4. The number of aromatic nitrogens is 2. The Kier molecular flexibility index (Phi) is 5.51. The van der Waals surface area contributed by atoms with Crippen LogP contribution in [0.5, 0.6) is 0 Å². The number of hydrogen-bond donors (Lipinski definition) is 1. The van der Waals surface area contributed by atoms with Gasteiger partial charge in [-0.3, -0.25) is 14.5 Å². The number of carbonyl (C=O) groups is 1. The second-order valence-corrected chi connectivity index (χ2v) is 6.71. The zero-order valence-electron chi connectivity index (χ0n) is 14.0. The summed E-state index contributed by atoms with van der Waals surface area (Å²) in [6.07, 6.45) is 0.357. The number of amides is 1. The van der Waals surface area contributed by atoms with Gasteiger partial charge in [-0.1, -0.05) is 13.8 Å². The van der Waals surface area contributed by atoms with Gasteiger partial charge < -0.3 is 5.73 Å². The minimum absolute atomic E-state index is 0.216. The molecule has 128 valence electrons. The first-order valence-electron chi connectivity index (χ1n) is 8.03. The average molecular weight is 324 g/mol. The van der Waals surface area contributed by atoms with Crippen molar-refractivity contribution in [2.75, 3.05) is 19.6 Å². The Morgan fingerprint density at radius 2 is 2.13 bits per heavy atom. The van der Waals surface area contributed by atoms with Gasteiger partial charge in [-0.25, -0.2) is 9.07 Å². The molecule has 7 heteroatoms. The molecule has 1 aromatic rings. The lowest BCUT2D eigenvalue weighted by Gasteiger charge is -2.34. The molecule has 6 nitrogen and oxygen atoms in total. The first-order valence-corrected chi connectivity index (χ1v) is 8.03. The first kappa shape index (κ1) is 17.6. The number of rotatable bonds is 7. The Labute approximate surface area is 135 Å². The van der Waals surface area contributed by atoms with Crippen molar-refractivity contribution in [1.29, 1.82) is 0 Å². The summed E-state index contributed by atoms with van der Waals surface area (Å²) in [5.41, 5.74) is 6.68. The fraction of sp³-hybridized carbons (Fsp3) is 0.688. The molecule has 0 bridgehead atoms. The summed E-state index contributed by atoms with van der Waals surface area (Å²) < 4.78 is 14.1. The second kappa shape index (κ2) is 7.21. The van der Waals surface area contributed by atoms with Crippen LogP contribution in [-0.4, -0.2) is 46.4 Å². The van der Waals surface area contributed by atoms with Crippen molar-refractivity contribution < 1.29 is 9.18 Å². The maximum Gasteiger partial charge on any atom is 0.267 e. The molecular formula is C16H25FN4O2. The summed E-state index contributed by atoms with van der Waals surface area (Å²) in [5, 5.41) is 4.38. The quantitative estimate of drug-likeness (QED) is 0.805. The van der Waals surface area contributed by atoms with Crippen molar-refractivity contribution in [2.24, 2.45) is 11.7 Å². The van der Waals surface area contributed by atoms with Crippen LogP contribution in [0.3, 0.4) is 0 Å². The third-order valence-corrected chi connectivity index (χ3v) is 4.15. The molecule has 1 aromatic heterocycles. The first-order chi connectivity index (χ1) is 10.8. The fourth-order valence-electron chi connectivity index (χ4n) is 2.80. The number of primary amides is 1. The maximum absolute atomic E-state index is 12.9. The minimum atomic E-state index is -0.735. The van der Waals surface area contributed by atoms with Crippen molar-refractivity contribution in [3.63, 3.8) is 0 Å². The molecule has 1 amide bonds. The number of likely N-dealkylation sites (tertiary alicyclic amines) is 1. The molecule has 2 rings (SSSR count). The van der Waals surface area contributed by atoms with Crippen LogP contribution in [0.25, 0.3) is 0 Å². The zero-order chi connectivity index (χ0) is 17.1. The molecule has 0 aliphatic carbocycles. The van der Waals surface area contributed by atoms with Crippen molar-refractivity contribution in [3.05, 3.63) is 27.7 Å². The molecule has 1 aliphatic rings. The van der Waals surface area contributed by atoms with Crippen LogP contribution in [0.15, 0.2) is 10.9 Å². The summed E-state index contributed by atoms with van der Waals surface area (Å²) in [7, 11) is 0. The fourth-order valence-corrected chi connectivity index (χ4v) is 2.80. The van der Waals surface area contributed by atoms with Crippen molar-refractivity contribution in [3.8, 4) is 0 Å². The number of halogens is 1. The van der Waals surface area contributed by atoms with Crippen LogP contribution in [-0.2, 0) is 11.2 Å². The molecule has 1 saturated heterocycles. The molecule has 1 fully saturated rings. The van der Waals surface area contributed by atoms with E-state index in [1.54, 1.807) is 0 Å². The van der Waals surface area contributed by atoms with Gasteiger partial charge in [-0.15, -0.1) is 0 Å². The van der Waals surface area contributed by atoms with Crippen LogP contribution in [0.4, 0.5) is 4.39 Å². The minimum Gasteiger partial charge on any atom is -0.368 e. The molecule has 2 N–H and O–H groups in total. The van der Waals surface area contributed by atoms with E-state index in [9.17, 15) is 14.0 Å². The van der Waals surface area contributed by atoms with Gasteiger partial charge in [-0.2, -0.15) is 5.10 Å². The largest absolute Gasteiger partial charge is 0.368 e. The van der Waals surface area contributed by atoms with E-state index in [0.29, 0.717) is 32.5 Å². The van der Waals surface area contributed by atoms with Gasteiger partial charge in [0.25, 0.3) is 5.56 Å². The lowest BCUT2D eigenvalue weighted by Crippen LogP contribution is -2.49. The van der Waals surface area contributed by atoms with Gasteiger partial charge >= 0.3 is 0 Å². The third-order valence-electron chi connectivity index (χ3n) is 4.15. The van der Waals surface area contributed by atoms with E-state index in [1.807, 2.05) is 25.7 Å².